The minimum absolute atomic E-state index is 0.280. The van der Waals surface area contributed by atoms with E-state index in [1.165, 1.54) is 0 Å². The van der Waals surface area contributed by atoms with Crippen LogP contribution in [0.25, 0.3) is 0 Å². The lowest BCUT2D eigenvalue weighted by Gasteiger charge is -2.35. The highest BCUT2D eigenvalue weighted by Crippen LogP contribution is 2.30. The van der Waals surface area contributed by atoms with Crippen molar-refractivity contribution in [2.45, 2.75) is 37.7 Å². The molecule has 1 saturated heterocycles. The Kier molecular flexibility index (Phi) is 4.46. The second kappa shape index (κ2) is 5.21. The summed E-state index contributed by atoms with van der Waals surface area (Å²) in [7, 11) is 0. The zero-order valence-corrected chi connectivity index (χ0v) is 11.0. The number of amides is 1. The quantitative estimate of drug-likeness (QED) is 0.794. The standard InChI is InChI=1S/C11H22N2OS/c1-9(2)15-11(3,4)10(14)13-7-5-12-6-8-13/h9,12H,5-8H2,1-4H3. The van der Waals surface area contributed by atoms with Gasteiger partial charge in [0.2, 0.25) is 5.91 Å². The molecule has 15 heavy (non-hydrogen) atoms. The molecule has 1 aliphatic rings. The van der Waals surface area contributed by atoms with E-state index >= 15 is 0 Å². The highest BCUT2D eigenvalue weighted by molar-refractivity contribution is 8.01. The van der Waals surface area contributed by atoms with Gasteiger partial charge in [-0.1, -0.05) is 13.8 Å². The average molecular weight is 230 g/mol. The van der Waals surface area contributed by atoms with Crippen LogP contribution in [0.5, 0.6) is 0 Å². The molecule has 0 bridgehead atoms. The van der Waals surface area contributed by atoms with E-state index in [2.05, 4.69) is 19.2 Å². The second-order valence-corrected chi connectivity index (χ2v) is 6.92. The number of hydrogen-bond acceptors (Lipinski definition) is 3. The zero-order valence-electron chi connectivity index (χ0n) is 10.2. The van der Waals surface area contributed by atoms with E-state index in [4.69, 9.17) is 0 Å². The molecule has 0 aromatic carbocycles. The van der Waals surface area contributed by atoms with Crippen molar-refractivity contribution >= 4 is 17.7 Å². The molecule has 1 fully saturated rings. The van der Waals surface area contributed by atoms with E-state index < -0.39 is 0 Å². The number of carbonyl (C=O) groups is 1. The van der Waals surface area contributed by atoms with Gasteiger partial charge in [0.25, 0.3) is 0 Å². The van der Waals surface area contributed by atoms with Crippen molar-refractivity contribution in [2.24, 2.45) is 0 Å². The van der Waals surface area contributed by atoms with Crippen molar-refractivity contribution < 1.29 is 4.79 Å². The van der Waals surface area contributed by atoms with Gasteiger partial charge < -0.3 is 10.2 Å². The summed E-state index contributed by atoms with van der Waals surface area (Å²) in [4.78, 5) is 14.2. The molecule has 1 N–H and O–H groups in total. The monoisotopic (exact) mass is 230 g/mol. The summed E-state index contributed by atoms with van der Waals surface area (Å²) in [6, 6.07) is 0. The molecule has 0 unspecified atom stereocenters. The molecule has 3 nitrogen and oxygen atoms in total. The maximum Gasteiger partial charge on any atom is 0.238 e. The number of carbonyl (C=O) groups excluding carboxylic acids is 1. The maximum absolute atomic E-state index is 12.2. The van der Waals surface area contributed by atoms with Crippen molar-refractivity contribution in [3.63, 3.8) is 0 Å². The summed E-state index contributed by atoms with van der Waals surface area (Å²) in [6.07, 6.45) is 0. The van der Waals surface area contributed by atoms with Crippen molar-refractivity contribution in [3.05, 3.63) is 0 Å². The van der Waals surface area contributed by atoms with Gasteiger partial charge in [0, 0.05) is 31.4 Å². The van der Waals surface area contributed by atoms with E-state index in [-0.39, 0.29) is 10.7 Å². The topological polar surface area (TPSA) is 32.3 Å². The molecule has 88 valence electrons. The van der Waals surface area contributed by atoms with Gasteiger partial charge in [-0.25, -0.2) is 0 Å². The Hall–Kier alpha value is -0.220. The normalized spacial score (nSPS) is 18.3. The molecule has 4 heteroatoms. The fourth-order valence-electron chi connectivity index (χ4n) is 1.89. The number of thioether (sulfide) groups is 1. The fourth-order valence-corrected chi connectivity index (χ4v) is 3.30. The first-order valence-corrected chi connectivity index (χ1v) is 6.49. The second-order valence-electron chi connectivity index (χ2n) is 4.72. The first kappa shape index (κ1) is 12.8. The van der Waals surface area contributed by atoms with E-state index in [0.717, 1.165) is 26.2 Å². The van der Waals surface area contributed by atoms with Gasteiger partial charge in [0.1, 0.15) is 0 Å². The highest BCUT2D eigenvalue weighted by atomic mass is 32.2. The van der Waals surface area contributed by atoms with E-state index in [0.29, 0.717) is 5.25 Å². The SMILES string of the molecule is CC(C)SC(C)(C)C(=O)N1CCNCC1. The van der Waals surface area contributed by atoms with Gasteiger partial charge in [-0.05, 0) is 13.8 Å². The minimum Gasteiger partial charge on any atom is -0.339 e. The Labute approximate surface area is 97.0 Å². The van der Waals surface area contributed by atoms with Crippen LogP contribution in [0.1, 0.15) is 27.7 Å². The zero-order chi connectivity index (χ0) is 11.5. The van der Waals surface area contributed by atoms with Crippen LogP contribution in [0.2, 0.25) is 0 Å². The molecule has 0 radical (unpaired) electrons. The van der Waals surface area contributed by atoms with E-state index in [1.807, 2.05) is 18.7 Å². The largest absolute Gasteiger partial charge is 0.339 e. The molecular formula is C11H22N2OS. The molecule has 0 saturated carbocycles. The Morgan fingerprint density at radius 3 is 2.33 bits per heavy atom. The molecule has 0 aromatic rings. The maximum atomic E-state index is 12.2. The summed E-state index contributed by atoms with van der Waals surface area (Å²) in [6.45, 7) is 11.9. The summed E-state index contributed by atoms with van der Waals surface area (Å²) < 4.78 is -0.286. The molecule has 0 spiro atoms. The smallest absolute Gasteiger partial charge is 0.238 e. The van der Waals surface area contributed by atoms with Crippen LogP contribution in [0.3, 0.4) is 0 Å². The predicted octanol–water partition coefficient (Wildman–Crippen LogP) is 1.34. The third kappa shape index (κ3) is 3.68. The summed E-state index contributed by atoms with van der Waals surface area (Å²) in [5.41, 5.74) is 0. The molecule has 1 rings (SSSR count). The van der Waals surface area contributed by atoms with Gasteiger partial charge in [0.15, 0.2) is 0 Å². The Bertz CT molecular complexity index is 223. The van der Waals surface area contributed by atoms with Gasteiger partial charge in [0.05, 0.1) is 4.75 Å². The Morgan fingerprint density at radius 1 is 1.33 bits per heavy atom. The molecular weight excluding hydrogens is 208 g/mol. The van der Waals surface area contributed by atoms with Crippen LogP contribution >= 0.6 is 11.8 Å². The van der Waals surface area contributed by atoms with Gasteiger partial charge in [-0.3, -0.25) is 4.79 Å². The van der Waals surface area contributed by atoms with Crippen LogP contribution in [0, 0.1) is 0 Å². The predicted molar refractivity (Wildman–Crippen MR) is 66.3 cm³/mol. The molecule has 0 atom stereocenters. The van der Waals surface area contributed by atoms with Crippen molar-refractivity contribution in [2.75, 3.05) is 26.2 Å². The Balaban J connectivity index is 2.56. The highest BCUT2D eigenvalue weighted by Gasteiger charge is 2.33. The van der Waals surface area contributed by atoms with E-state index in [1.54, 1.807) is 11.8 Å². The fraction of sp³-hybridized carbons (Fsp3) is 0.909. The van der Waals surface area contributed by atoms with Crippen LogP contribution in [0.15, 0.2) is 0 Å². The Morgan fingerprint density at radius 2 is 1.87 bits per heavy atom. The average Bonchev–Trinajstić information content (AvgIpc) is 2.16. The van der Waals surface area contributed by atoms with Crippen LogP contribution in [-0.2, 0) is 4.79 Å². The minimum atomic E-state index is -0.286. The van der Waals surface area contributed by atoms with Gasteiger partial charge >= 0.3 is 0 Å². The molecule has 1 heterocycles. The summed E-state index contributed by atoms with van der Waals surface area (Å²) in [5.74, 6) is 0.280. The van der Waals surface area contributed by atoms with Crippen molar-refractivity contribution in [3.8, 4) is 0 Å². The first-order chi connectivity index (χ1) is 6.93. The number of nitrogens with zero attached hydrogens (tertiary/aromatic N) is 1. The molecule has 0 aliphatic carbocycles. The molecule has 0 aromatic heterocycles. The third-order valence-electron chi connectivity index (χ3n) is 2.45. The number of rotatable bonds is 3. The van der Waals surface area contributed by atoms with Gasteiger partial charge in [-0.2, -0.15) is 0 Å². The lowest BCUT2D eigenvalue weighted by molar-refractivity contribution is -0.133. The van der Waals surface area contributed by atoms with Crippen molar-refractivity contribution in [1.29, 1.82) is 0 Å². The molecule has 1 aliphatic heterocycles. The number of piperazine rings is 1. The van der Waals surface area contributed by atoms with Gasteiger partial charge in [-0.15, -0.1) is 11.8 Å². The van der Waals surface area contributed by atoms with Crippen molar-refractivity contribution in [1.82, 2.24) is 10.2 Å². The summed E-state index contributed by atoms with van der Waals surface area (Å²) in [5, 5.41) is 3.75. The third-order valence-corrected chi connectivity index (χ3v) is 3.68. The van der Waals surface area contributed by atoms with Crippen LogP contribution < -0.4 is 5.32 Å². The lowest BCUT2D eigenvalue weighted by atomic mass is 10.1. The lowest BCUT2D eigenvalue weighted by Crippen LogP contribution is -2.52. The summed E-state index contributed by atoms with van der Waals surface area (Å²) >= 11 is 1.75. The first-order valence-electron chi connectivity index (χ1n) is 5.61. The van der Waals surface area contributed by atoms with Crippen LogP contribution in [0.4, 0.5) is 0 Å². The van der Waals surface area contributed by atoms with E-state index in [9.17, 15) is 4.79 Å². The number of hydrogen-bond donors (Lipinski definition) is 1. The van der Waals surface area contributed by atoms with Crippen LogP contribution in [-0.4, -0.2) is 47.0 Å². The number of nitrogens with one attached hydrogen (secondary N) is 1. The molecule has 1 amide bonds.